The number of esters is 2. The number of rotatable bonds is 7. The van der Waals surface area contributed by atoms with Gasteiger partial charge in [0.2, 0.25) is 0 Å². The Kier molecular flexibility index (Phi) is 8.86. The van der Waals surface area contributed by atoms with Crippen LogP contribution in [-0.2, 0) is 20.4 Å². The first-order valence-corrected chi connectivity index (χ1v) is 13.9. The molecule has 4 aromatic rings. The van der Waals surface area contributed by atoms with Gasteiger partial charge in [0.15, 0.2) is 5.92 Å². The van der Waals surface area contributed by atoms with Crippen LogP contribution in [-0.4, -0.2) is 17.0 Å². The maximum atomic E-state index is 14.1. The van der Waals surface area contributed by atoms with Crippen LogP contribution in [0.2, 0.25) is 0 Å². The monoisotopic (exact) mass is 568 g/mol. The fourth-order valence-electron chi connectivity index (χ4n) is 4.93. The average molecular weight is 569 g/mol. The minimum Gasteiger partial charge on any atom is -0.507 e. The molecule has 0 spiro atoms. The molecule has 0 aromatic heterocycles. The van der Waals surface area contributed by atoms with Gasteiger partial charge in [-0.25, -0.2) is 4.39 Å². The molecule has 0 fully saturated rings. The summed E-state index contributed by atoms with van der Waals surface area (Å²) in [4.78, 5) is 28.0. The van der Waals surface area contributed by atoms with E-state index in [1.54, 1.807) is 72.8 Å². The van der Waals surface area contributed by atoms with Crippen molar-refractivity contribution in [1.29, 1.82) is 0 Å². The molecule has 0 aliphatic carbocycles. The summed E-state index contributed by atoms with van der Waals surface area (Å²) in [6, 6.07) is 26.3. The molecule has 6 heteroatoms. The van der Waals surface area contributed by atoms with Crippen LogP contribution in [0.4, 0.5) is 4.39 Å². The van der Waals surface area contributed by atoms with Gasteiger partial charge in [-0.1, -0.05) is 102 Å². The fraction of sp³-hybridized carbons (Fsp3) is 0.278. The maximum absolute atomic E-state index is 14.1. The van der Waals surface area contributed by atoms with Crippen molar-refractivity contribution >= 4 is 11.9 Å². The molecule has 0 saturated heterocycles. The summed E-state index contributed by atoms with van der Waals surface area (Å²) in [6.07, 6.45) is 0. The van der Waals surface area contributed by atoms with Crippen molar-refractivity contribution in [1.82, 2.24) is 0 Å². The maximum Gasteiger partial charge on any atom is 0.326 e. The van der Waals surface area contributed by atoms with Gasteiger partial charge in [0, 0.05) is 5.92 Å². The van der Waals surface area contributed by atoms with Crippen LogP contribution < -0.4 is 9.47 Å². The molecule has 0 radical (unpaired) electrons. The Bertz CT molecular complexity index is 1440. The van der Waals surface area contributed by atoms with Crippen molar-refractivity contribution in [2.45, 2.75) is 58.3 Å². The van der Waals surface area contributed by atoms with Crippen molar-refractivity contribution in [3.8, 4) is 17.2 Å². The van der Waals surface area contributed by atoms with Crippen LogP contribution in [0.15, 0.2) is 97.1 Å². The first-order valence-electron chi connectivity index (χ1n) is 13.9. The number of hydrogen-bond acceptors (Lipinski definition) is 5. The molecule has 0 aliphatic heterocycles. The van der Waals surface area contributed by atoms with Crippen molar-refractivity contribution in [2.75, 3.05) is 0 Å². The molecule has 4 aromatic carbocycles. The van der Waals surface area contributed by atoms with Gasteiger partial charge in [0.05, 0.1) is 0 Å². The van der Waals surface area contributed by atoms with Crippen LogP contribution in [0.25, 0.3) is 0 Å². The number of hydrogen-bond donors (Lipinski definition) is 1. The summed E-state index contributed by atoms with van der Waals surface area (Å²) in [5.41, 5.74) is 1.47. The van der Waals surface area contributed by atoms with Crippen LogP contribution >= 0.6 is 0 Å². The number of benzene rings is 4. The van der Waals surface area contributed by atoms with Crippen molar-refractivity contribution in [2.24, 2.45) is 5.92 Å². The van der Waals surface area contributed by atoms with E-state index < -0.39 is 40.4 Å². The summed E-state index contributed by atoms with van der Waals surface area (Å²) in [5, 5.41) is 11.4. The minimum absolute atomic E-state index is 0.159. The molecule has 218 valence electrons. The molecule has 1 atom stereocenters. The van der Waals surface area contributed by atoms with E-state index in [9.17, 15) is 19.1 Å². The molecule has 1 N–H and O–H groups in total. The zero-order valence-electron chi connectivity index (χ0n) is 24.9. The van der Waals surface area contributed by atoms with E-state index in [4.69, 9.17) is 9.47 Å². The normalized spacial score (nSPS) is 12.6. The number of halogens is 1. The zero-order valence-corrected chi connectivity index (χ0v) is 24.9. The lowest BCUT2D eigenvalue weighted by molar-refractivity contribution is -0.152. The van der Waals surface area contributed by atoms with Crippen LogP contribution in [0.5, 0.6) is 17.2 Å². The third-order valence-electron chi connectivity index (χ3n) is 7.10. The predicted molar refractivity (Wildman–Crippen MR) is 161 cm³/mol. The number of ether oxygens (including phenoxy) is 2. The first kappa shape index (κ1) is 30.5. The van der Waals surface area contributed by atoms with Gasteiger partial charge in [-0.3, -0.25) is 9.59 Å². The third-order valence-corrected chi connectivity index (χ3v) is 7.10. The van der Waals surface area contributed by atoms with Gasteiger partial charge in [-0.2, -0.15) is 0 Å². The Morgan fingerprint density at radius 1 is 0.643 bits per heavy atom. The van der Waals surface area contributed by atoms with E-state index in [0.717, 1.165) is 0 Å². The van der Waals surface area contributed by atoms with E-state index in [1.165, 1.54) is 12.1 Å². The van der Waals surface area contributed by atoms with E-state index in [0.29, 0.717) is 22.3 Å². The van der Waals surface area contributed by atoms with E-state index >= 15 is 0 Å². The second-order valence-corrected chi connectivity index (χ2v) is 12.4. The molecule has 0 bridgehead atoms. The number of aromatic hydroxyl groups is 1. The summed E-state index contributed by atoms with van der Waals surface area (Å²) in [5.74, 6) is -3.79. The quantitative estimate of drug-likeness (QED) is 0.139. The molecule has 0 heterocycles. The zero-order chi connectivity index (χ0) is 30.7. The van der Waals surface area contributed by atoms with Gasteiger partial charge in [-0.05, 0) is 69.5 Å². The van der Waals surface area contributed by atoms with E-state index in [1.807, 2.05) is 53.7 Å². The highest BCUT2D eigenvalue weighted by Gasteiger charge is 2.42. The van der Waals surface area contributed by atoms with Crippen LogP contribution in [0, 0.1) is 11.7 Å². The number of carbonyl (C=O) groups is 2. The SMILES string of the molecule is CC(C)(C)c1cc([C@@H](c2ccc(F)cc2)C(C(=O)Oc2ccccc2)C(=O)Oc2ccccc2)cc(C(C)(C)C)c1O. The average Bonchev–Trinajstić information content (AvgIpc) is 2.92. The van der Waals surface area contributed by atoms with Crippen molar-refractivity contribution in [3.63, 3.8) is 0 Å². The van der Waals surface area contributed by atoms with E-state index in [2.05, 4.69) is 0 Å². The van der Waals surface area contributed by atoms with Crippen LogP contribution in [0.3, 0.4) is 0 Å². The minimum atomic E-state index is -1.47. The molecular formula is C36H37FO5. The highest BCUT2D eigenvalue weighted by molar-refractivity contribution is 5.98. The second-order valence-electron chi connectivity index (χ2n) is 12.4. The lowest BCUT2D eigenvalue weighted by Gasteiger charge is -2.31. The molecular weight excluding hydrogens is 531 g/mol. The van der Waals surface area contributed by atoms with Gasteiger partial charge in [0.1, 0.15) is 23.1 Å². The molecule has 0 amide bonds. The number of phenols is 1. The summed E-state index contributed by atoms with van der Waals surface area (Å²) in [7, 11) is 0. The standard InChI is InChI=1S/C36H37FO5/c1-35(2,3)28-21-24(22-29(32(28)38)36(4,5)6)30(23-17-19-25(37)20-18-23)31(33(39)41-26-13-9-7-10-14-26)34(40)42-27-15-11-8-12-16-27/h7-22,30-31,38H,1-6H3/t30-/m1/s1. The van der Waals surface area contributed by atoms with Gasteiger partial charge in [-0.15, -0.1) is 0 Å². The van der Waals surface area contributed by atoms with Crippen molar-refractivity contribution in [3.05, 3.63) is 125 Å². The van der Waals surface area contributed by atoms with Crippen LogP contribution in [0.1, 0.15) is 69.7 Å². The Labute approximate surface area is 246 Å². The smallest absolute Gasteiger partial charge is 0.326 e. The molecule has 5 nitrogen and oxygen atoms in total. The number of para-hydroxylation sites is 2. The summed E-state index contributed by atoms with van der Waals surface area (Å²) in [6.45, 7) is 11.9. The van der Waals surface area contributed by atoms with Crippen molar-refractivity contribution < 1.29 is 28.6 Å². The Balaban J connectivity index is 1.97. The lowest BCUT2D eigenvalue weighted by atomic mass is 9.73. The summed E-state index contributed by atoms with van der Waals surface area (Å²) < 4.78 is 25.6. The summed E-state index contributed by atoms with van der Waals surface area (Å²) >= 11 is 0. The Hall–Kier alpha value is -4.45. The Morgan fingerprint density at radius 2 is 1.05 bits per heavy atom. The first-order chi connectivity index (χ1) is 19.8. The molecule has 0 saturated carbocycles. The molecule has 0 unspecified atom stereocenters. The fourth-order valence-corrected chi connectivity index (χ4v) is 4.93. The van der Waals surface area contributed by atoms with E-state index in [-0.39, 0.29) is 17.2 Å². The second kappa shape index (κ2) is 12.2. The highest BCUT2D eigenvalue weighted by atomic mass is 19.1. The van der Waals surface area contributed by atoms with Gasteiger partial charge < -0.3 is 14.6 Å². The molecule has 0 aliphatic rings. The number of phenolic OH excluding ortho intramolecular Hbond substituents is 1. The van der Waals surface area contributed by atoms with Gasteiger partial charge in [0.25, 0.3) is 0 Å². The Morgan fingerprint density at radius 3 is 1.43 bits per heavy atom. The largest absolute Gasteiger partial charge is 0.507 e. The number of carbonyl (C=O) groups excluding carboxylic acids is 2. The topological polar surface area (TPSA) is 72.8 Å². The highest BCUT2D eigenvalue weighted by Crippen LogP contribution is 2.44. The third kappa shape index (κ3) is 7.06. The molecule has 42 heavy (non-hydrogen) atoms. The van der Waals surface area contributed by atoms with Gasteiger partial charge >= 0.3 is 11.9 Å². The predicted octanol–water partition coefficient (Wildman–Crippen LogP) is 8.09. The molecule has 4 rings (SSSR count). The lowest BCUT2D eigenvalue weighted by Crippen LogP contribution is -2.37.